The Morgan fingerprint density at radius 1 is 1.25 bits per heavy atom. The highest BCUT2D eigenvalue weighted by Crippen LogP contribution is 2.14. The normalized spacial score (nSPS) is 11.7. The zero-order valence-electron chi connectivity index (χ0n) is 7.21. The predicted molar refractivity (Wildman–Crippen MR) is 46.1 cm³/mol. The summed E-state index contributed by atoms with van der Waals surface area (Å²) in [6.07, 6.45) is 1.67. The lowest BCUT2D eigenvalue weighted by molar-refractivity contribution is 0.119. The fraction of sp³-hybridized carbons (Fsp3) is 0.300. The average molecular weight is 167 g/mol. The van der Waals surface area contributed by atoms with Crippen LogP contribution in [-0.4, -0.2) is 10.7 Å². The average Bonchev–Trinajstić information content (AvgIpc) is 1.91. The lowest BCUT2D eigenvalue weighted by atomic mass is 9.99. The van der Waals surface area contributed by atoms with Crippen LogP contribution < -0.4 is 0 Å². The van der Waals surface area contributed by atoms with Crippen molar-refractivity contribution in [1.82, 2.24) is 0 Å². The molecule has 0 amide bonds. The van der Waals surface area contributed by atoms with Crippen molar-refractivity contribution in [2.45, 2.75) is 19.4 Å². The maximum Gasteiger partial charge on any atom is 0.123 e. The third kappa shape index (κ3) is 3.01. The van der Waals surface area contributed by atoms with E-state index >= 15 is 0 Å². The Labute approximate surface area is 71.9 Å². The second-order valence-electron chi connectivity index (χ2n) is 3.35. The van der Waals surface area contributed by atoms with Crippen LogP contribution in [0.5, 0.6) is 0 Å². The number of benzene rings is 1. The van der Waals surface area contributed by atoms with Gasteiger partial charge < -0.3 is 5.11 Å². The highest BCUT2D eigenvalue weighted by atomic mass is 19.1. The van der Waals surface area contributed by atoms with Crippen molar-refractivity contribution in [1.29, 1.82) is 0 Å². The number of hydrogen-bond donors (Lipinski definition) is 1. The van der Waals surface area contributed by atoms with Crippen LogP contribution in [0.3, 0.4) is 0 Å². The van der Waals surface area contributed by atoms with Crippen molar-refractivity contribution >= 4 is 0 Å². The standard InChI is InChI=1S/C10H12FO/c1-10(2,12)7-8-3-5-9(11)6-4-8/h3-7,12H,1-2H3. The molecule has 65 valence electrons. The second-order valence-corrected chi connectivity index (χ2v) is 3.35. The molecule has 1 N–H and O–H groups in total. The van der Waals surface area contributed by atoms with Gasteiger partial charge in [-0.25, -0.2) is 4.39 Å². The van der Waals surface area contributed by atoms with E-state index in [1.165, 1.54) is 12.1 Å². The summed E-state index contributed by atoms with van der Waals surface area (Å²) in [6.45, 7) is 3.35. The van der Waals surface area contributed by atoms with Crippen LogP contribution in [-0.2, 0) is 0 Å². The molecule has 0 saturated heterocycles. The first-order valence-electron chi connectivity index (χ1n) is 3.81. The second kappa shape index (κ2) is 3.23. The van der Waals surface area contributed by atoms with Crippen LogP contribution in [0.25, 0.3) is 0 Å². The minimum atomic E-state index is -0.849. The van der Waals surface area contributed by atoms with E-state index in [2.05, 4.69) is 0 Å². The molecule has 0 bridgehead atoms. The molecule has 0 aromatic heterocycles. The summed E-state index contributed by atoms with van der Waals surface area (Å²) in [4.78, 5) is 0. The van der Waals surface area contributed by atoms with E-state index < -0.39 is 5.60 Å². The minimum absolute atomic E-state index is 0.261. The molecule has 0 aliphatic carbocycles. The summed E-state index contributed by atoms with van der Waals surface area (Å²) in [5.74, 6) is -0.261. The van der Waals surface area contributed by atoms with Crippen molar-refractivity contribution in [2.24, 2.45) is 0 Å². The van der Waals surface area contributed by atoms with Crippen LogP contribution in [0.15, 0.2) is 24.3 Å². The van der Waals surface area contributed by atoms with Gasteiger partial charge in [-0.3, -0.25) is 0 Å². The van der Waals surface area contributed by atoms with Gasteiger partial charge in [-0.05, 0) is 31.5 Å². The topological polar surface area (TPSA) is 20.2 Å². The van der Waals surface area contributed by atoms with Crippen molar-refractivity contribution in [3.63, 3.8) is 0 Å². The summed E-state index contributed by atoms with van der Waals surface area (Å²) < 4.78 is 12.4. The molecule has 0 saturated carbocycles. The Hall–Kier alpha value is -0.890. The van der Waals surface area contributed by atoms with E-state index in [0.717, 1.165) is 5.56 Å². The van der Waals surface area contributed by atoms with Gasteiger partial charge in [0.05, 0.1) is 5.60 Å². The molecule has 2 heteroatoms. The molecule has 0 aliphatic rings. The van der Waals surface area contributed by atoms with E-state index in [-0.39, 0.29) is 5.82 Å². The van der Waals surface area contributed by atoms with Gasteiger partial charge in [-0.1, -0.05) is 12.1 Å². The third-order valence-corrected chi connectivity index (χ3v) is 1.39. The van der Waals surface area contributed by atoms with Crippen LogP contribution >= 0.6 is 0 Å². The molecule has 12 heavy (non-hydrogen) atoms. The van der Waals surface area contributed by atoms with E-state index in [4.69, 9.17) is 0 Å². The minimum Gasteiger partial charge on any atom is -0.390 e. The molecule has 0 heterocycles. The maximum atomic E-state index is 12.4. The molecule has 0 unspecified atom stereocenters. The fourth-order valence-corrected chi connectivity index (χ4v) is 0.967. The van der Waals surface area contributed by atoms with Gasteiger partial charge in [0.1, 0.15) is 5.82 Å². The summed E-state index contributed by atoms with van der Waals surface area (Å²) in [5.41, 5.74) is -0.0263. The van der Waals surface area contributed by atoms with Crippen molar-refractivity contribution < 1.29 is 9.50 Å². The van der Waals surface area contributed by atoms with E-state index in [0.29, 0.717) is 0 Å². The van der Waals surface area contributed by atoms with E-state index in [1.807, 2.05) is 0 Å². The number of hydrogen-bond acceptors (Lipinski definition) is 1. The van der Waals surface area contributed by atoms with Gasteiger partial charge in [0.25, 0.3) is 0 Å². The predicted octanol–water partition coefficient (Wildman–Crippen LogP) is 2.15. The zero-order valence-corrected chi connectivity index (χ0v) is 7.21. The quantitative estimate of drug-likeness (QED) is 0.715. The zero-order chi connectivity index (χ0) is 9.19. The summed E-state index contributed by atoms with van der Waals surface area (Å²) in [7, 11) is 0. The monoisotopic (exact) mass is 167 g/mol. The van der Waals surface area contributed by atoms with Gasteiger partial charge >= 0.3 is 0 Å². The van der Waals surface area contributed by atoms with Gasteiger partial charge in [-0.15, -0.1) is 0 Å². The molecule has 0 fully saturated rings. The van der Waals surface area contributed by atoms with Crippen molar-refractivity contribution in [2.75, 3.05) is 0 Å². The first-order chi connectivity index (χ1) is 5.47. The third-order valence-electron chi connectivity index (χ3n) is 1.39. The Morgan fingerprint density at radius 3 is 2.17 bits per heavy atom. The van der Waals surface area contributed by atoms with Crippen molar-refractivity contribution in [3.8, 4) is 0 Å². The summed E-state index contributed by atoms with van der Waals surface area (Å²) >= 11 is 0. The molecular formula is C10H12FO. The van der Waals surface area contributed by atoms with Crippen LogP contribution in [0.2, 0.25) is 0 Å². The molecule has 0 atom stereocenters. The molecule has 1 nitrogen and oxygen atoms in total. The van der Waals surface area contributed by atoms with Crippen LogP contribution in [0.4, 0.5) is 4.39 Å². The molecule has 1 aromatic carbocycles. The molecule has 1 aromatic rings. The summed E-state index contributed by atoms with van der Waals surface area (Å²) in [6, 6.07) is 6.01. The maximum absolute atomic E-state index is 12.4. The van der Waals surface area contributed by atoms with Gasteiger partial charge in [0, 0.05) is 6.42 Å². The highest BCUT2D eigenvalue weighted by molar-refractivity contribution is 5.26. The Kier molecular flexibility index (Phi) is 2.48. The molecular weight excluding hydrogens is 155 g/mol. The Balaban J connectivity index is 2.71. The van der Waals surface area contributed by atoms with Crippen LogP contribution in [0, 0.1) is 12.2 Å². The van der Waals surface area contributed by atoms with Crippen molar-refractivity contribution in [3.05, 3.63) is 42.1 Å². The van der Waals surface area contributed by atoms with E-state index in [1.54, 1.807) is 32.4 Å². The van der Waals surface area contributed by atoms with E-state index in [9.17, 15) is 9.50 Å². The lowest BCUT2D eigenvalue weighted by Gasteiger charge is -2.15. The lowest BCUT2D eigenvalue weighted by Crippen LogP contribution is -2.19. The van der Waals surface area contributed by atoms with Gasteiger partial charge in [-0.2, -0.15) is 0 Å². The first kappa shape index (κ1) is 9.20. The van der Waals surface area contributed by atoms with Crippen LogP contribution in [0.1, 0.15) is 19.4 Å². The largest absolute Gasteiger partial charge is 0.390 e. The highest BCUT2D eigenvalue weighted by Gasteiger charge is 2.13. The molecule has 1 rings (SSSR count). The number of rotatable bonds is 2. The molecule has 0 spiro atoms. The Bertz CT molecular complexity index is 246. The Morgan fingerprint density at radius 2 is 1.75 bits per heavy atom. The van der Waals surface area contributed by atoms with Gasteiger partial charge in [0.15, 0.2) is 0 Å². The SMILES string of the molecule is CC(C)(O)[CH]c1ccc(F)cc1. The van der Waals surface area contributed by atoms with Gasteiger partial charge in [0.2, 0.25) is 0 Å². The molecule has 0 aliphatic heterocycles. The molecule has 1 radical (unpaired) electrons. The smallest absolute Gasteiger partial charge is 0.123 e. The first-order valence-corrected chi connectivity index (χ1v) is 3.81. The number of halogens is 1. The number of aliphatic hydroxyl groups is 1. The fourth-order valence-electron chi connectivity index (χ4n) is 0.967. The summed E-state index contributed by atoms with van der Waals surface area (Å²) in [5, 5.41) is 9.39.